The van der Waals surface area contributed by atoms with Crippen molar-refractivity contribution in [2.75, 3.05) is 0 Å². The van der Waals surface area contributed by atoms with E-state index in [2.05, 4.69) is 15.9 Å². The highest BCUT2D eigenvalue weighted by atomic mass is 79.9. The zero-order valence-electron chi connectivity index (χ0n) is 8.88. The predicted octanol–water partition coefficient (Wildman–Crippen LogP) is 1.60. The molecule has 6 nitrogen and oxygen atoms in total. The van der Waals surface area contributed by atoms with Gasteiger partial charge in [-0.2, -0.15) is 0 Å². The van der Waals surface area contributed by atoms with Gasteiger partial charge < -0.3 is 9.67 Å². The van der Waals surface area contributed by atoms with Crippen molar-refractivity contribution in [1.82, 2.24) is 4.57 Å². The quantitative estimate of drug-likeness (QED) is 0.664. The molecule has 0 saturated heterocycles. The van der Waals surface area contributed by atoms with Gasteiger partial charge in [-0.3, -0.25) is 14.9 Å². The lowest BCUT2D eigenvalue weighted by atomic mass is 10.2. The molecule has 1 aromatic rings. The van der Waals surface area contributed by atoms with E-state index in [4.69, 9.17) is 0 Å². The second-order valence-electron chi connectivity index (χ2n) is 4.08. The largest absolute Gasteiger partial charge is 0.391 e. The molecule has 2 rings (SSSR count). The molecule has 1 aliphatic carbocycles. The Morgan fingerprint density at radius 3 is 2.76 bits per heavy atom. The van der Waals surface area contributed by atoms with Gasteiger partial charge >= 0.3 is 0 Å². The highest BCUT2D eigenvalue weighted by molar-refractivity contribution is 9.10. The Bertz CT molecular complexity index is 514. The summed E-state index contributed by atoms with van der Waals surface area (Å²) in [6, 6.07) is 0.818. The number of hydrogen-bond acceptors (Lipinski definition) is 4. The van der Waals surface area contributed by atoms with Gasteiger partial charge in [-0.15, -0.1) is 0 Å². The molecule has 2 atom stereocenters. The third kappa shape index (κ3) is 2.25. The maximum absolute atomic E-state index is 11.9. The van der Waals surface area contributed by atoms with E-state index < -0.39 is 11.0 Å². The lowest BCUT2D eigenvalue weighted by Gasteiger charge is -2.17. The summed E-state index contributed by atoms with van der Waals surface area (Å²) in [6.45, 7) is 0. The van der Waals surface area contributed by atoms with E-state index in [9.17, 15) is 20.0 Å². The zero-order chi connectivity index (χ0) is 12.6. The molecule has 0 aliphatic heterocycles. The van der Waals surface area contributed by atoms with Crippen molar-refractivity contribution in [1.29, 1.82) is 0 Å². The van der Waals surface area contributed by atoms with Crippen molar-refractivity contribution in [3.05, 3.63) is 37.2 Å². The minimum atomic E-state index is -0.610. The van der Waals surface area contributed by atoms with Crippen molar-refractivity contribution in [2.45, 2.75) is 31.4 Å². The molecule has 1 fully saturated rings. The zero-order valence-corrected chi connectivity index (χ0v) is 10.5. The lowest BCUT2D eigenvalue weighted by molar-refractivity contribution is -0.385. The number of aliphatic hydroxyl groups is 1. The lowest BCUT2D eigenvalue weighted by Crippen LogP contribution is -2.29. The van der Waals surface area contributed by atoms with E-state index in [1.807, 2.05) is 0 Å². The van der Waals surface area contributed by atoms with Crippen molar-refractivity contribution >= 4 is 21.6 Å². The molecule has 1 aromatic heterocycles. The molecule has 0 unspecified atom stereocenters. The van der Waals surface area contributed by atoms with Crippen molar-refractivity contribution < 1.29 is 10.0 Å². The number of halogens is 1. The Labute approximate surface area is 105 Å². The molecule has 17 heavy (non-hydrogen) atoms. The molecule has 0 spiro atoms. The summed E-state index contributed by atoms with van der Waals surface area (Å²) in [7, 11) is 0. The van der Waals surface area contributed by atoms with Gasteiger partial charge in [0.15, 0.2) is 0 Å². The molecule has 1 N–H and O–H groups in total. The Hall–Kier alpha value is -1.21. The van der Waals surface area contributed by atoms with Crippen LogP contribution in [0.2, 0.25) is 0 Å². The fourth-order valence-electron chi connectivity index (χ4n) is 2.14. The highest BCUT2D eigenvalue weighted by Gasteiger charge is 2.29. The predicted molar refractivity (Wildman–Crippen MR) is 64.0 cm³/mol. The van der Waals surface area contributed by atoms with E-state index in [0.29, 0.717) is 12.8 Å². The van der Waals surface area contributed by atoms with Crippen molar-refractivity contribution in [3.63, 3.8) is 0 Å². The van der Waals surface area contributed by atoms with E-state index >= 15 is 0 Å². The van der Waals surface area contributed by atoms with Crippen LogP contribution in [-0.2, 0) is 0 Å². The van der Waals surface area contributed by atoms with Gasteiger partial charge in [0, 0.05) is 6.07 Å². The van der Waals surface area contributed by atoms with Crippen LogP contribution in [0.15, 0.2) is 21.5 Å². The van der Waals surface area contributed by atoms with Crippen LogP contribution in [0.25, 0.3) is 0 Å². The van der Waals surface area contributed by atoms with E-state index in [0.717, 1.165) is 6.42 Å². The molecule has 0 radical (unpaired) electrons. The SMILES string of the molecule is O=c1c(Br)cc([N+](=O)[O-])cn1[C@H]1CCC[C@@H]1O. The Morgan fingerprint density at radius 2 is 2.24 bits per heavy atom. The molecular weight excluding hydrogens is 292 g/mol. The maximum atomic E-state index is 11.9. The minimum absolute atomic E-state index is 0.144. The minimum Gasteiger partial charge on any atom is -0.391 e. The second kappa shape index (κ2) is 4.58. The maximum Gasteiger partial charge on any atom is 0.286 e. The molecule has 0 amide bonds. The fourth-order valence-corrected chi connectivity index (χ4v) is 2.58. The molecule has 1 saturated carbocycles. The number of pyridine rings is 1. The van der Waals surface area contributed by atoms with Crippen molar-refractivity contribution in [2.24, 2.45) is 0 Å². The van der Waals surface area contributed by atoms with Gasteiger partial charge in [0.2, 0.25) is 0 Å². The summed E-state index contributed by atoms with van der Waals surface area (Å²) in [6.07, 6.45) is 2.69. The molecule has 1 heterocycles. The topological polar surface area (TPSA) is 85.4 Å². The molecule has 0 aromatic carbocycles. The summed E-state index contributed by atoms with van der Waals surface area (Å²) in [4.78, 5) is 22.0. The van der Waals surface area contributed by atoms with Gasteiger partial charge in [-0.25, -0.2) is 0 Å². The average molecular weight is 303 g/mol. The van der Waals surface area contributed by atoms with Gasteiger partial charge in [0.25, 0.3) is 11.2 Å². The van der Waals surface area contributed by atoms with Gasteiger partial charge in [0.1, 0.15) is 0 Å². The summed E-state index contributed by atoms with van der Waals surface area (Å²) in [5.41, 5.74) is -0.503. The van der Waals surface area contributed by atoms with E-state index in [1.54, 1.807) is 0 Å². The third-order valence-electron chi connectivity index (χ3n) is 3.00. The first kappa shape index (κ1) is 12.3. The molecular formula is C10H11BrN2O4. The molecule has 7 heteroatoms. The van der Waals surface area contributed by atoms with Crippen LogP contribution in [0.1, 0.15) is 25.3 Å². The van der Waals surface area contributed by atoms with Crippen LogP contribution < -0.4 is 5.56 Å². The Kier molecular flexibility index (Phi) is 3.30. The van der Waals surface area contributed by atoms with Crippen molar-refractivity contribution in [3.8, 4) is 0 Å². The van der Waals surface area contributed by atoms with Gasteiger partial charge in [0.05, 0.1) is 27.7 Å². The monoisotopic (exact) mass is 302 g/mol. The smallest absolute Gasteiger partial charge is 0.286 e. The van der Waals surface area contributed by atoms with Gasteiger partial charge in [-0.1, -0.05) is 0 Å². The number of nitrogens with zero attached hydrogens (tertiary/aromatic N) is 2. The first-order valence-corrected chi connectivity index (χ1v) is 6.04. The number of nitro groups is 1. The number of aliphatic hydroxyl groups excluding tert-OH is 1. The van der Waals surface area contributed by atoms with Crippen LogP contribution >= 0.6 is 15.9 Å². The van der Waals surface area contributed by atoms with Crippen LogP contribution in [0.5, 0.6) is 0 Å². The summed E-state index contributed by atoms with van der Waals surface area (Å²) in [5.74, 6) is 0. The van der Waals surface area contributed by atoms with Gasteiger partial charge in [-0.05, 0) is 35.2 Å². The Morgan fingerprint density at radius 1 is 1.53 bits per heavy atom. The first-order chi connectivity index (χ1) is 8.00. The average Bonchev–Trinajstić information content (AvgIpc) is 2.68. The summed E-state index contributed by atoms with van der Waals surface area (Å²) >= 11 is 3.01. The fraction of sp³-hybridized carbons (Fsp3) is 0.500. The third-order valence-corrected chi connectivity index (χ3v) is 3.56. The Balaban J connectivity index is 2.52. The normalized spacial score (nSPS) is 23.9. The van der Waals surface area contributed by atoms with E-state index in [1.165, 1.54) is 16.8 Å². The van der Waals surface area contributed by atoms with Crippen LogP contribution in [0.4, 0.5) is 5.69 Å². The van der Waals surface area contributed by atoms with E-state index in [-0.39, 0.29) is 21.8 Å². The van der Waals surface area contributed by atoms with Crippen LogP contribution in [0, 0.1) is 10.1 Å². The number of rotatable bonds is 2. The standard InChI is InChI=1S/C10H11BrN2O4/c11-7-4-6(13(16)17)5-12(10(7)15)8-2-1-3-9(8)14/h4-5,8-9,14H,1-3H2/t8-,9-/m0/s1. The number of hydrogen-bond donors (Lipinski definition) is 1. The van der Waals surface area contributed by atoms with Crippen LogP contribution in [-0.4, -0.2) is 20.7 Å². The molecule has 0 bridgehead atoms. The highest BCUT2D eigenvalue weighted by Crippen LogP contribution is 2.30. The summed E-state index contributed by atoms with van der Waals surface area (Å²) in [5, 5.41) is 20.5. The molecule has 92 valence electrons. The second-order valence-corrected chi connectivity index (χ2v) is 4.94. The van der Waals surface area contributed by atoms with Crippen LogP contribution in [0.3, 0.4) is 0 Å². The molecule has 1 aliphatic rings. The number of aromatic nitrogens is 1. The summed E-state index contributed by atoms with van der Waals surface area (Å²) < 4.78 is 1.41. The first-order valence-electron chi connectivity index (χ1n) is 5.25.